The van der Waals surface area contributed by atoms with Crippen molar-refractivity contribution >= 4 is 29.6 Å². The zero-order valence-corrected chi connectivity index (χ0v) is 13.8. The average molecular weight is 338 g/mol. The van der Waals surface area contributed by atoms with Crippen molar-refractivity contribution in [3.05, 3.63) is 41.3 Å². The lowest BCUT2D eigenvalue weighted by atomic mass is 10.2. The zero-order valence-electron chi connectivity index (χ0n) is 13.0. The van der Waals surface area contributed by atoms with Crippen molar-refractivity contribution in [1.82, 2.24) is 10.8 Å². The van der Waals surface area contributed by atoms with E-state index in [2.05, 4.69) is 10.8 Å². The van der Waals surface area contributed by atoms with E-state index in [4.69, 9.17) is 9.57 Å². The fourth-order valence-corrected chi connectivity index (χ4v) is 2.58. The Morgan fingerprint density at radius 3 is 2.48 bits per heavy atom. The first-order valence-electron chi connectivity index (χ1n) is 6.84. The molecular formula is C15H18N2O5S. The molecule has 1 aromatic rings. The van der Waals surface area contributed by atoms with Gasteiger partial charge in [-0.25, -0.2) is 9.59 Å². The number of ether oxygens (including phenoxy) is 1. The maximum atomic E-state index is 11.6. The van der Waals surface area contributed by atoms with Crippen LogP contribution in [-0.4, -0.2) is 27.8 Å². The number of rotatable bonds is 4. The fourth-order valence-electron chi connectivity index (χ4n) is 1.74. The molecule has 8 heteroatoms. The summed E-state index contributed by atoms with van der Waals surface area (Å²) in [5.41, 5.74) is 2.94. The predicted molar refractivity (Wildman–Crippen MR) is 86.0 cm³/mol. The van der Waals surface area contributed by atoms with Crippen molar-refractivity contribution in [2.75, 3.05) is 0 Å². The highest BCUT2D eigenvalue weighted by molar-refractivity contribution is 8.04. The van der Waals surface area contributed by atoms with E-state index in [1.807, 2.05) is 30.3 Å². The van der Waals surface area contributed by atoms with Crippen LogP contribution in [0.2, 0.25) is 0 Å². The van der Waals surface area contributed by atoms with Gasteiger partial charge in [0.15, 0.2) is 0 Å². The molecule has 0 bridgehead atoms. The first-order chi connectivity index (χ1) is 10.7. The van der Waals surface area contributed by atoms with E-state index in [0.29, 0.717) is 5.70 Å². The van der Waals surface area contributed by atoms with E-state index in [9.17, 15) is 14.7 Å². The van der Waals surface area contributed by atoms with Gasteiger partial charge in [-0.05, 0) is 31.7 Å². The monoisotopic (exact) mass is 338 g/mol. The molecule has 0 saturated carbocycles. The number of hydrogen-bond donors (Lipinski definition) is 3. The minimum Gasteiger partial charge on any atom is -0.478 e. The second kappa shape index (κ2) is 6.51. The highest BCUT2D eigenvalue weighted by Crippen LogP contribution is 2.34. The van der Waals surface area contributed by atoms with Crippen molar-refractivity contribution in [3.63, 3.8) is 0 Å². The fraction of sp³-hybridized carbons (Fsp3) is 0.333. The summed E-state index contributed by atoms with van der Waals surface area (Å²) in [6.07, 6.45) is -1.01. The highest BCUT2D eigenvalue weighted by Gasteiger charge is 2.45. The summed E-state index contributed by atoms with van der Waals surface area (Å²) >= 11 is 0.944. The van der Waals surface area contributed by atoms with Crippen LogP contribution in [0.25, 0.3) is 5.70 Å². The van der Waals surface area contributed by atoms with Crippen molar-refractivity contribution < 1.29 is 24.3 Å². The van der Waals surface area contributed by atoms with Gasteiger partial charge in [0.2, 0.25) is 0 Å². The first kappa shape index (κ1) is 17.2. The van der Waals surface area contributed by atoms with Crippen LogP contribution in [0.1, 0.15) is 26.3 Å². The molecule has 0 aliphatic carbocycles. The minimum atomic E-state index is -1.71. The molecule has 2 rings (SSSR count). The quantitative estimate of drug-likeness (QED) is 0.569. The second-order valence-corrected chi connectivity index (χ2v) is 6.88. The molecule has 1 unspecified atom stereocenters. The van der Waals surface area contributed by atoms with Gasteiger partial charge in [-0.3, -0.25) is 0 Å². The van der Waals surface area contributed by atoms with Crippen molar-refractivity contribution in [2.45, 2.75) is 31.4 Å². The van der Waals surface area contributed by atoms with E-state index < -0.39 is 22.7 Å². The molecule has 1 aliphatic rings. The molecule has 0 amide bonds. The Kier molecular flexibility index (Phi) is 4.86. The van der Waals surface area contributed by atoms with Gasteiger partial charge in [0.05, 0.1) is 5.70 Å². The van der Waals surface area contributed by atoms with Gasteiger partial charge in [-0.15, -0.1) is 5.48 Å². The smallest absolute Gasteiger partial charge is 0.478 e. The number of carbonyl (C=O) groups excluding carboxylic acids is 1. The van der Waals surface area contributed by atoms with E-state index in [0.717, 1.165) is 17.3 Å². The van der Waals surface area contributed by atoms with Crippen molar-refractivity contribution in [2.24, 2.45) is 0 Å². The van der Waals surface area contributed by atoms with Gasteiger partial charge in [0.25, 0.3) is 4.99 Å². The molecule has 0 spiro atoms. The van der Waals surface area contributed by atoms with E-state index in [-0.39, 0.29) is 0 Å². The van der Waals surface area contributed by atoms with Crippen LogP contribution in [-0.2, 0) is 14.4 Å². The largest absolute Gasteiger partial charge is 0.528 e. The summed E-state index contributed by atoms with van der Waals surface area (Å²) in [5, 5.41) is 13.9. The number of carboxylic acid groups (broad SMARTS) is 1. The molecule has 124 valence electrons. The SMILES string of the molecule is CC(C)(C)OC(=O)ONC1(C(=O)O)NC(c2ccccc2)=CS1. The third-order valence-corrected chi connectivity index (χ3v) is 3.78. The Bertz CT molecular complexity index is 627. The van der Waals surface area contributed by atoms with Gasteiger partial charge in [0, 0.05) is 0 Å². The lowest BCUT2D eigenvalue weighted by Gasteiger charge is -2.26. The number of nitrogens with one attached hydrogen (secondary N) is 2. The Morgan fingerprint density at radius 1 is 1.26 bits per heavy atom. The molecule has 0 aromatic heterocycles. The van der Waals surface area contributed by atoms with Gasteiger partial charge >= 0.3 is 12.1 Å². The predicted octanol–water partition coefficient (Wildman–Crippen LogP) is 2.52. The van der Waals surface area contributed by atoms with Crippen molar-refractivity contribution in [1.29, 1.82) is 0 Å². The zero-order chi connectivity index (χ0) is 17.1. The Labute approximate surface area is 138 Å². The van der Waals surface area contributed by atoms with Crippen LogP contribution in [0.3, 0.4) is 0 Å². The van der Waals surface area contributed by atoms with Crippen LogP contribution in [0.15, 0.2) is 35.7 Å². The summed E-state index contributed by atoms with van der Waals surface area (Å²) < 4.78 is 4.96. The average Bonchev–Trinajstić information content (AvgIpc) is 2.90. The van der Waals surface area contributed by atoms with E-state index in [1.165, 1.54) is 0 Å². The van der Waals surface area contributed by atoms with Gasteiger partial charge < -0.3 is 20.0 Å². The molecule has 1 aromatic carbocycles. The lowest BCUT2D eigenvalue weighted by molar-refractivity contribution is -0.146. The summed E-state index contributed by atoms with van der Waals surface area (Å²) in [7, 11) is 0. The Morgan fingerprint density at radius 2 is 1.91 bits per heavy atom. The van der Waals surface area contributed by atoms with E-state index in [1.54, 1.807) is 26.2 Å². The molecule has 1 heterocycles. The van der Waals surface area contributed by atoms with Crippen LogP contribution >= 0.6 is 11.8 Å². The van der Waals surface area contributed by atoms with Gasteiger partial charge in [-0.1, -0.05) is 42.1 Å². The number of aliphatic carboxylic acids is 1. The van der Waals surface area contributed by atoms with Gasteiger partial charge in [0.1, 0.15) is 5.60 Å². The highest BCUT2D eigenvalue weighted by atomic mass is 32.2. The van der Waals surface area contributed by atoms with E-state index >= 15 is 0 Å². The first-order valence-corrected chi connectivity index (χ1v) is 7.72. The molecule has 0 radical (unpaired) electrons. The summed E-state index contributed by atoms with van der Waals surface area (Å²) in [6.45, 7) is 5.04. The number of benzene rings is 1. The summed E-state index contributed by atoms with van der Waals surface area (Å²) in [4.78, 5) is 26.2. The molecule has 0 fully saturated rings. The topological polar surface area (TPSA) is 96.9 Å². The third kappa shape index (κ3) is 4.40. The molecule has 3 N–H and O–H groups in total. The maximum Gasteiger partial charge on any atom is 0.528 e. The van der Waals surface area contributed by atoms with Crippen molar-refractivity contribution in [3.8, 4) is 0 Å². The molecule has 0 saturated heterocycles. The normalized spacial score (nSPS) is 20.4. The van der Waals surface area contributed by atoms with Crippen LogP contribution in [0.5, 0.6) is 0 Å². The van der Waals surface area contributed by atoms with Crippen LogP contribution in [0, 0.1) is 0 Å². The molecule has 1 atom stereocenters. The number of carboxylic acids is 1. The third-order valence-electron chi connectivity index (χ3n) is 2.72. The van der Waals surface area contributed by atoms with Gasteiger partial charge in [-0.2, -0.15) is 0 Å². The lowest BCUT2D eigenvalue weighted by Crippen LogP contribution is -2.57. The number of carbonyl (C=O) groups is 2. The second-order valence-electron chi connectivity index (χ2n) is 5.80. The standard InChI is InChI=1S/C15H18N2O5S/c1-14(2,3)21-13(20)22-17-15(12(18)19)16-11(9-23-15)10-7-5-4-6-8-10/h4-9,16-17H,1-3H3,(H,18,19). The Hall–Kier alpha value is -2.19. The molecule has 23 heavy (non-hydrogen) atoms. The number of hydrogen-bond acceptors (Lipinski definition) is 7. The molecule has 1 aliphatic heterocycles. The van der Waals surface area contributed by atoms with Crippen LogP contribution < -0.4 is 10.8 Å². The maximum absolute atomic E-state index is 11.6. The summed E-state index contributed by atoms with van der Waals surface area (Å²) in [5.74, 6) is -1.23. The molecular weight excluding hydrogens is 320 g/mol. The molecule has 7 nitrogen and oxygen atoms in total. The minimum absolute atomic E-state index is 0.610. The number of thioether (sulfide) groups is 1. The Balaban J connectivity index is 2.03. The number of hydroxylamine groups is 1. The summed E-state index contributed by atoms with van der Waals surface area (Å²) in [6, 6.07) is 9.22. The van der Waals surface area contributed by atoms with Crippen LogP contribution in [0.4, 0.5) is 4.79 Å².